The van der Waals surface area contributed by atoms with Crippen molar-refractivity contribution >= 4 is 56.8 Å². The van der Waals surface area contributed by atoms with E-state index in [4.69, 9.17) is 4.42 Å². The number of likely N-dealkylation sites (tertiary alicyclic amines) is 1. The molecule has 0 unspecified atom stereocenters. The minimum atomic E-state index is -4.03. The first-order valence-electron chi connectivity index (χ1n) is 12.3. The number of nitrogens with one attached hydrogen (secondary N) is 2. The number of hydrogen-bond donors (Lipinski definition) is 3. The number of nitrogens with zero attached hydrogens (tertiary/aromatic N) is 1. The zero-order chi connectivity index (χ0) is 26.0. The third kappa shape index (κ3) is 5.57. The summed E-state index contributed by atoms with van der Waals surface area (Å²) in [5.74, 6) is -0.337. The number of thioether (sulfide) groups is 1. The predicted octanol–water partition coefficient (Wildman–Crippen LogP) is 3.65. The Morgan fingerprint density at radius 3 is 2.39 bits per heavy atom. The number of piperidine rings is 1. The lowest BCUT2D eigenvalue weighted by Crippen LogP contribution is -2.58. The number of halogens is 1. The van der Waals surface area contributed by atoms with E-state index in [-0.39, 0.29) is 41.8 Å². The second kappa shape index (κ2) is 11.7. The number of hydrogen-bond acceptors (Lipinski definition) is 8. The number of para-hydroxylation sites is 1. The van der Waals surface area contributed by atoms with E-state index in [9.17, 15) is 23.2 Å². The van der Waals surface area contributed by atoms with Gasteiger partial charge in [-0.25, -0.2) is 13.9 Å². The Kier molecular flexibility index (Phi) is 8.73. The van der Waals surface area contributed by atoms with E-state index in [1.165, 1.54) is 23.9 Å². The van der Waals surface area contributed by atoms with Crippen LogP contribution in [0.4, 0.5) is 0 Å². The van der Waals surface area contributed by atoms with Crippen molar-refractivity contribution in [3.63, 3.8) is 0 Å². The summed E-state index contributed by atoms with van der Waals surface area (Å²) >= 11 is 1.47. The smallest absolute Gasteiger partial charge is 0.287 e. The van der Waals surface area contributed by atoms with Crippen LogP contribution in [0, 0.1) is 0 Å². The molecule has 3 aromatic rings. The number of carbonyl (C=O) groups excluding carboxylic acids is 2. The van der Waals surface area contributed by atoms with Crippen LogP contribution in [0.25, 0.3) is 11.0 Å². The van der Waals surface area contributed by atoms with Gasteiger partial charge in [0.15, 0.2) is 20.3 Å². The van der Waals surface area contributed by atoms with Gasteiger partial charge in [0, 0.05) is 41.7 Å². The average molecular weight is 580 g/mol. The molecule has 0 atom stereocenters. The van der Waals surface area contributed by atoms with Gasteiger partial charge in [-0.3, -0.25) is 14.8 Å². The number of sulfone groups is 1. The van der Waals surface area contributed by atoms with Gasteiger partial charge in [-0.15, -0.1) is 24.2 Å². The molecule has 1 saturated heterocycles. The van der Waals surface area contributed by atoms with Crippen LogP contribution in [-0.2, 0) is 14.6 Å². The molecule has 5 rings (SSSR count). The second-order valence-electron chi connectivity index (χ2n) is 9.43. The molecule has 2 amide bonds. The SMILES string of the molecule is Cl.O=C(NCCSc1ccc(S(=O)(=O)C2(C(=O)NO)CCN(C3CC3)CC2)cc1)c1cc2ccccc2o1. The fourth-order valence-corrected chi connectivity index (χ4v) is 7.59. The standard InChI is InChI=1S/C26H29N3O6S2.ClH/c30-24(23-17-18-3-1-2-4-22(18)35-23)27-13-16-36-20-7-9-21(10-8-20)37(33,34)26(25(31)28-32)11-14-29(15-12-26)19-5-6-19;/h1-4,7-10,17,19,32H,5-6,11-16H2,(H,27,30)(H,28,31);1H. The van der Waals surface area contributed by atoms with E-state index in [2.05, 4.69) is 10.2 Å². The molecular formula is C26H30ClN3O6S2. The van der Waals surface area contributed by atoms with Gasteiger partial charge in [0.05, 0.1) is 4.90 Å². The van der Waals surface area contributed by atoms with E-state index >= 15 is 0 Å². The lowest BCUT2D eigenvalue weighted by atomic mass is 9.94. The Labute approximate surface area is 231 Å². The quantitative estimate of drug-likeness (QED) is 0.152. The van der Waals surface area contributed by atoms with Crippen LogP contribution in [0.5, 0.6) is 0 Å². The normalized spacial score (nSPS) is 17.5. The lowest BCUT2D eigenvalue weighted by Gasteiger charge is -2.39. The summed E-state index contributed by atoms with van der Waals surface area (Å²) in [4.78, 5) is 28.1. The molecule has 0 bridgehead atoms. The number of fused-ring (bicyclic) bond motifs is 1. The van der Waals surface area contributed by atoms with E-state index in [1.54, 1.807) is 29.7 Å². The van der Waals surface area contributed by atoms with E-state index < -0.39 is 20.5 Å². The highest BCUT2D eigenvalue weighted by Gasteiger charge is 2.53. The molecule has 1 aliphatic carbocycles. The molecule has 1 saturated carbocycles. The summed E-state index contributed by atoms with van der Waals surface area (Å²) in [6.07, 6.45) is 2.49. The highest BCUT2D eigenvalue weighted by Crippen LogP contribution is 2.39. The maximum Gasteiger partial charge on any atom is 0.287 e. The van der Waals surface area contributed by atoms with Crippen molar-refractivity contribution in [3.8, 4) is 0 Å². The minimum absolute atomic E-state index is 0. The van der Waals surface area contributed by atoms with Gasteiger partial charge in [-0.2, -0.15) is 0 Å². The van der Waals surface area contributed by atoms with Crippen LogP contribution in [-0.4, -0.2) is 66.5 Å². The average Bonchev–Trinajstić information content (AvgIpc) is 3.68. The first-order chi connectivity index (χ1) is 17.8. The summed E-state index contributed by atoms with van der Waals surface area (Å²) in [5.41, 5.74) is 2.26. The Morgan fingerprint density at radius 2 is 1.76 bits per heavy atom. The van der Waals surface area contributed by atoms with Gasteiger partial charge in [-0.1, -0.05) is 18.2 Å². The van der Waals surface area contributed by atoms with Gasteiger partial charge in [0.2, 0.25) is 0 Å². The van der Waals surface area contributed by atoms with E-state index in [0.29, 0.717) is 37.0 Å². The molecule has 2 heterocycles. The van der Waals surface area contributed by atoms with Crippen LogP contribution >= 0.6 is 24.2 Å². The van der Waals surface area contributed by atoms with Gasteiger partial charge in [0.1, 0.15) is 5.58 Å². The zero-order valence-electron chi connectivity index (χ0n) is 20.6. The molecule has 0 radical (unpaired) electrons. The van der Waals surface area contributed by atoms with Gasteiger partial charge < -0.3 is 14.6 Å². The summed E-state index contributed by atoms with van der Waals surface area (Å²) in [6, 6.07) is 16.0. The third-order valence-electron chi connectivity index (χ3n) is 7.14. The van der Waals surface area contributed by atoms with Gasteiger partial charge >= 0.3 is 0 Å². The van der Waals surface area contributed by atoms with Gasteiger partial charge in [-0.05, 0) is 62.1 Å². The van der Waals surface area contributed by atoms with Crippen LogP contribution in [0.1, 0.15) is 36.2 Å². The minimum Gasteiger partial charge on any atom is -0.451 e. The molecule has 204 valence electrons. The number of hydroxylamine groups is 1. The summed E-state index contributed by atoms with van der Waals surface area (Å²) in [7, 11) is -4.03. The number of furan rings is 1. The van der Waals surface area contributed by atoms with E-state index in [1.807, 2.05) is 18.2 Å². The van der Waals surface area contributed by atoms with Crippen molar-refractivity contribution in [2.75, 3.05) is 25.4 Å². The Hall–Kier alpha value is -2.57. The highest BCUT2D eigenvalue weighted by atomic mass is 35.5. The van der Waals surface area contributed by atoms with Crippen LogP contribution in [0.2, 0.25) is 0 Å². The molecule has 2 fully saturated rings. The molecule has 12 heteroatoms. The molecule has 3 N–H and O–H groups in total. The Bertz CT molecular complexity index is 1360. The third-order valence-corrected chi connectivity index (χ3v) is 10.7. The first kappa shape index (κ1) is 28.4. The number of benzene rings is 2. The molecule has 2 aliphatic rings. The molecule has 1 aliphatic heterocycles. The second-order valence-corrected chi connectivity index (χ2v) is 12.9. The predicted molar refractivity (Wildman–Crippen MR) is 147 cm³/mol. The van der Waals surface area contributed by atoms with Crippen molar-refractivity contribution in [3.05, 3.63) is 60.4 Å². The first-order valence-corrected chi connectivity index (χ1v) is 14.7. The topological polar surface area (TPSA) is 129 Å². The van der Waals surface area contributed by atoms with Crippen LogP contribution in [0.3, 0.4) is 0 Å². The van der Waals surface area contributed by atoms with Crippen LogP contribution in [0.15, 0.2) is 68.8 Å². The Morgan fingerprint density at radius 1 is 1.08 bits per heavy atom. The maximum atomic E-state index is 13.6. The fourth-order valence-electron chi connectivity index (χ4n) is 4.86. The van der Waals surface area contributed by atoms with Crippen molar-refractivity contribution in [1.82, 2.24) is 15.7 Å². The van der Waals surface area contributed by atoms with Crippen molar-refractivity contribution < 1.29 is 27.6 Å². The monoisotopic (exact) mass is 579 g/mol. The highest BCUT2D eigenvalue weighted by molar-refractivity contribution is 7.99. The Balaban J connectivity index is 0.00000336. The lowest BCUT2D eigenvalue weighted by molar-refractivity contribution is -0.133. The van der Waals surface area contributed by atoms with Crippen molar-refractivity contribution in [1.29, 1.82) is 0 Å². The van der Waals surface area contributed by atoms with E-state index in [0.717, 1.165) is 23.1 Å². The van der Waals surface area contributed by atoms with Crippen molar-refractivity contribution in [2.24, 2.45) is 0 Å². The van der Waals surface area contributed by atoms with Gasteiger partial charge in [0.25, 0.3) is 11.8 Å². The molecular weight excluding hydrogens is 550 g/mol. The molecule has 0 spiro atoms. The summed E-state index contributed by atoms with van der Waals surface area (Å²) in [6.45, 7) is 1.41. The fraction of sp³-hybridized carbons (Fsp3) is 0.385. The largest absolute Gasteiger partial charge is 0.451 e. The maximum absolute atomic E-state index is 13.6. The summed E-state index contributed by atoms with van der Waals surface area (Å²) in [5, 5.41) is 13.0. The molecule has 9 nitrogen and oxygen atoms in total. The molecule has 2 aromatic carbocycles. The molecule has 38 heavy (non-hydrogen) atoms. The molecule has 1 aromatic heterocycles. The number of carbonyl (C=O) groups is 2. The summed E-state index contributed by atoms with van der Waals surface area (Å²) < 4.78 is 31.1. The number of amides is 2. The van der Waals surface area contributed by atoms with Crippen molar-refractivity contribution in [2.45, 2.75) is 46.3 Å². The number of rotatable bonds is 9. The zero-order valence-corrected chi connectivity index (χ0v) is 23.0. The van der Waals surface area contributed by atoms with Crippen LogP contribution < -0.4 is 10.8 Å².